The van der Waals surface area contributed by atoms with Crippen LogP contribution in [0.3, 0.4) is 0 Å². The molecule has 0 amide bonds. The van der Waals surface area contributed by atoms with E-state index in [2.05, 4.69) is 35.6 Å². The third kappa shape index (κ3) is 5.18. The van der Waals surface area contributed by atoms with Crippen LogP contribution in [0, 0.1) is 11.6 Å². The van der Waals surface area contributed by atoms with E-state index >= 15 is 0 Å². The Morgan fingerprint density at radius 2 is 1.55 bits per heavy atom. The molecule has 170 valence electrons. The minimum absolute atomic E-state index is 0.123. The highest BCUT2D eigenvalue weighted by atomic mass is 32.2. The summed E-state index contributed by atoms with van der Waals surface area (Å²) in [6.07, 6.45) is 1.73. The van der Waals surface area contributed by atoms with Gasteiger partial charge in [0.1, 0.15) is 0 Å². The molecule has 0 bridgehead atoms. The zero-order valence-electron chi connectivity index (χ0n) is 18.4. The van der Waals surface area contributed by atoms with Crippen LogP contribution in [0.2, 0.25) is 0 Å². The van der Waals surface area contributed by atoms with Gasteiger partial charge in [0.05, 0.1) is 15.5 Å². The quantitative estimate of drug-likeness (QED) is 0.564. The van der Waals surface area contributed by atoms with Crippen molar-refractivity contribution < 1.29 is 17.2 Å². The van der Waals surface area contributed by atoms with E-state index in [1.807, 2.05) is 12.1 Å². The molecule has 1 fully saturated rings. The van der Waals surface area contributed by atoms with Crippen LogP contribution in [0.4, 0.5) is 20.2 Å². The molecule has 0 unspecified atom stereocenters. The molecular formula is C23H31F2N3O2S. The number of nitrogens with zero attached hydrogens (tertiary/aromatic N) is 3. The summed E-state index contributed by atoms with van der Waals surface area (Å²) >= 11 is 0. The third-order valence-electron chi connectivity index (χ3n) is 5.63. The van der Waals surface area contributed by atoms with Crippen LogP contribution in [-0.4, -0.2) is 59.6 Å². The zero-order valence-corrected chi connectivity index (χ0v) is 19.3. The van der Waals surface area contributed by atoms with E-state index in [-0.39, 0.29) is 9.79 Å². The number of likely N-dealkylation sites (N-methyl/N-ethyl adjacent to an activating group) is 1. The van der Waals surface area contributed by atoms with E-state index in [9.17, 15) is 17.2 Å². The highest BCUT2D eigenvalue weighted by Gasteiger charge is 2.26. The van der Waals surface area contributed by atoms with Gasteiger partial charge in [-0.1, -0.05) is 13.8 Å². The SMILES string of the molecule is CCCN(CCC)c1cc(N2CCN(C)CC2)ccc1S(=O)(=O)c1ccc(F)c(F)c1. The molecule has 2 aromatic rings. The van der Waals surface area contributed by atoms with Crippen molar-refractivity contribution in [2.45, 2.75) is 36.5 Å². The van der Waals surface area contributed by atoms with Crippen LogP contribution in [0.15, 0.2) is 46.2 Å². The van der Waals surface area contributed by atoms with Crippen molar-refractivity contribution in [1.29, 1.82) is 0 Å². The van der Waals surface area contributed by atoms with Gasteiger partial charge in [-0.2, -0.15) is 0 Å². The van der Waals surface area contributed by atoms with E-state index < -0.39 is 21.5 Å². The van der Waals surface area contributed by atoms with E-state index in [1.54, 1.807) is 6.07 Å². The Balaban J connectivity index is 2.10. The first-order valence-electron chi connectivity index (χ1n) is 10.8. The van der Waals surface area contributed by atoms with Crippen molar-refractivity contribution in [3.63, 3.8) is 0 Å². The lowest BCUT2D eigenvalue weighted by Gasteiger charge is -2.35. The second kappa shape index (κ2) is 9.96. The van der Waals surface area contributed by atoms with Crippen LogP contribution >= 0.6 is 0 Å². The Labute approximate surface area is 184 Å². The van der Waals surface area contributed by atoms with Crippen LogP contribution in [0.1, 0.15) is 26.7 Å². The van der Waals surface area contributed by atoms with Crippen molar-refractivity contribution in [2.24, 2.45) is 0 Å². The third-order valence-corrected chi connectivity index (χ3v) is 7.43. The molecule has 0 aromatic heterocycles. The van der Waals surface area contributed by atoms with Crippen molar-refractivity contribution in [3.05, 3.63) is 48.0 Å². The number of benzene rings is 2. The first-order chi connectivity index (χ1) is 14.8. The van der Waals surface area contributed by atoms with Gasteiger partial charge in [-0.15, -0.1) is 0 Å². The molecule has 0 radical (unpaired) electrons. The van der Waals surface area contributed by atoms with Gasteiger partial charge in [-0.3, -0.25) is 0 Å². The lowest BCUT2D eigenvalue weighted by molar-refractivity contribution is 0.313. The summed E-state index contributed by atoms with van der Waals surface area (Å²) in [7, 11) is -1.93. The summed E-state index contributed by atoms with van der Waals surface area (Å²) in [6, 6.07) is 8.10. The molecule has 0 saturated carbocycles. The molecule has 0 N–H and O–H groups in total. The Hall–Kier alpha value is -2.19. The first-order valence-corrected chi connectivity index (χ1v) is 12.3. The van der Waals surface area contributed by atoms with Crippen molar-refractivity contribution in [3.8, 4) is 0 Å². The Morgan fingerprint density at radius 3 is 2.13 bits per heavy atom. The second-order valence-electron chi connectivity index (χ2n) is 8.01. The van der Waals surface area contributed by atoms with Gasteiger partial charge in [-0.25, -0.2) is 17.2 Å². The molecule has 1 heterocycles. The molecule has 3 rings (SSSR count). The van der Waals surface area contributed by atoms with Gasteiger partial charge in [-0.05, 0) is 56.3 Å². The summed E-state index contributed by atoms with van der Waals surface area (Å²) in [6.45, 7) is 9.14. The molecule has 1 saturated heterocycles. The number of rotatable bonds is 8. The second-order valence-corrected chi connectivity index (χ2v) is 9.93. The summed E-state index contributed by atoms with van der Waals surface area (Å²) in [4.78, 5) is 6.48. The predicted octanol–water partition coefficient (Wildman–Crippen LogP) is 4.18. The monoisotopic (exact) mass is 451 g/mol. The number of hydrogen-bond donors (Lipinski definition) is 0. The normalized spacial score (nSPS) is 15.3. The van der Waals surface area contributed by atoms with E-state index in [0.717, 1.165) is 62.9 Å². The number of sulfone groups is 1. The van der Waals surface area contributed by atoms with Gasteiger partial charge in [0, 0.05) is 45.0 Å². The largest absolute Gasteiger partial charge is 0.370 e. The number of hydrogen-bond acceptors (Lipinski definition) is 5. The van der Waals surface area contributed by atoms with Crippen LogP contribution < -0.4 is 9.80 Å². The summed E-state index contributed by atoms with van der Waals surface area (Å²) < 4.78 is 54.1. The highest BCUT2D eigenvalue weighted by molar-refractivity contribution is 7.91. The molecular weight excluding hydrogens is 420 g/mol. The maximum absolute atomic E-state index is 13.8. The summed E-state index contributed by atoms with van der Waals surface area (Å²) in [5.74, 6) is -2.24. The maximum Gasteiger partial charge on any atom is 0.208 e. The molecule has 8 heteroatoms. The van der Waals surface area contributed by atoms with E-state index in [1.165, 1.54) is 0 Å². The molecule has 0 spiro atoms. The molecule has 31 heavy (non-hydrogen) atoms. The molecule has 5 nitrogen and oxygen atoms in total. The minimum atomic E-state index is -4.02. The number of anilines is 2. The Bertz CT molecular complexity index is 1000. The van der Waals surface area contributed by atoms with Crippen molar-refractivity contribution in [1.82, 2.24) is 4.90 Å². The van der Waals surface area contributed by atoms with Gasteiger partial charge in [0.25, 0.3) is 0 Å². The van der Waals surface area contributed by atoms with Crippen molar-refractivity contribution in [2.75, 3.05) is 56.1 Å². The summed E-state index contributed by atoms with van der Waals surface area (Å²) in [5.41, 5.74) is 1.59. The molecule has 0 aliphatic carbocycles. The van der Waals surface area contributed by atoms with Gasteiger partial charge < -0.3 is 14.7 Å². The average molecular weight is 452 g/mol. The molecule has 0 atom stereocenters. The van der Waals surface area contributed by atoms with Gasteiger partial charge in [0.15, 0.2) is 11.6 Å². The maximum atomic E-state index is 13.8. The average Bonchev–Trinajstić information content (AvgIpc) is 2.75. The van der Waals surface area contributed by atoms with Gasteiger partial charge >= 0.3 is 0 Å². The van der Waals surface area contributed by atoms with Crippen LogP contribution in [-0.2, 0) is 9.84 Å². The standard InChI is InChI=1S/C23H31F2N3O2S/c1-4-10-28(11-5-2)22-16-18(27-14-12-26(3)13-15-27)6-9-23(22)31(29,30)19-7-8-20(24)21(25)17-19/h6-9,16-17H,4-5,10-15H2,1-3H3. The summed E-state index contributed by atoms with van der Waals surface area (Å²) in [5, 5.41) is 0. The fourth-order valence-electron chi connectivity index (χ4n) is 3.90. The topological polar surface area (TPSA) is 43.9 Å². The fourth-order valence-corrected chi connectivity index (χ4v) is 5.38. The smallest absolute Gasteiger partial charge is 0.208 e. The molecule has 1 aliphatic rings. The van der Waals surface area contributed by atoms with E-state index in [0.29, 0.717) is 18.8 Å². The fraction of sp³-hybridized carbons (Fsp3) is 0.478. The lowest BCUT2D eigenvalue weighted by atomic mass is 10.2. The lowest BCUT2D eigenvalue weighted by Crippen LogP contribution is -2.44. The number of halogens is 2. The van der Waals surface area contributed by atoms with Crippen LogP contribution in [0.25, 0.3) is 0 Å². The van der Waals surface area contributed by atoms with Crippen molar-refractivity contribution >= 4 is 21.2 Å². The predicted molar refractivity (Wildman–Crippen MR) is 121 cm³/mol. The number of piperazine rings is 1. The van der Waals surface area contributed by atoms with Gasteiger partial charge in [0.2, 0.25) is 9.84 Å². The highest BCUT2D eigenvalue weighted by Crippen LogP contribution is 2.35. The van der Waals surface area contributed by atoms with E-state index in [4.69, 9.17) is 0 Å². The molecule has 1 aliphatic heterocycles. The Kier molecular flexibility index (Phi) is 7.54. The Morgan fingerprint density at radius 1 is 0.903 bits per heavy atom. The first kappa shape index (κ1) is 23.5. The minimum Gasteiger partial charge on any atom is -0.370 e. The zero-order chi connectivity index (χ0) is 22.6. The van der Waals surface area contributed by atoms with Crippen LogP contribution in [0.5, 0.6) is 0 Å². The molecule has 2 aromatic carbocycles.